The molecular weight excluding hydrogens is 852 g/mol. The van der Waals surface area contributed by atoms with Crippen molar-refractivity contribution >= 4 is 92.6 Å². The Morgan fingerprint density at radius 1 is 0.608 bits per heavy atom. The van der Waals surface area contributed by atoms with E-state index in [-0.39, 0.29) is 5.75 Å². The summed E-state index contributed by atoms with van der Waals surface area (Å²) in [5.74, 6) is 3.03. The third-order valence-corrected chi connectivity index (χ3v) is 8.17. The number of hydrogen-bond acceptors (Lipinski definition) is 12. The molecule has 0 fully saturated rings. The Morgan fingerprint density at radius 3 is 1.61 bits per heavy atom. The molecule has 0 unspecified atom stereocenters. The predicted molar refractivity (Wildman–Crippen MR) is 212 cm³/mol. The maximum atomic E-state index is 9.81. The second-order valence-electron chi connectivity index (χ2n) is 10.3. The van der Waals surface area contributed by atoms with Gasteiger partial charge in [-0.1, -0.05) is 59.9 Å². The number of aromatic hydroxyl groups is 1. The molecule has 6 rings (SSSR count). The topological polar surface area (TPSA) is 142 Å². The molecule has 0 atom stereocenters. The van der Waals surface area contributed by atoms with Gasteiger partial charge in [0.25, 0.3) is 0 Å². The number of aromatic nitrogens is 4. The monoisotopic (exact) mass is 886 g/mol. The summed E-state index contributed by atoms with van der Waals surface area (Å²) < 4.78 is 27.9. The molecule has 15 heteroatoms. The first-order chi connectivity index (χ1) is 24.8. The first kappa shape index (κ1) is 39.5. The Bertz CT molecular complexity index is 2020. The van der Waals surface area contributed by atoms with Crippen molar-refractivity contribution in [3.05, 3.63) is 94.4 Å². The number of fused-ring (bicyclic) bond motifs is 2. The highest BCUT2D eigenvalue weighted by Gasteiger charge is 2.13. The van der Waals surface area contributed by atoms with E-state index in [0.717, 1.165) is 48.5 Å². The molecule has 0 aliphatic heterocycles. The second-order valence-corrected chi connectivity index (χ2v) is 12.9. The van der Waals surface area contributed by atoms with Crippen molar-refractivity contribution in [2.24, 2.45) is 0 Å². The molecule has 0 saturated carbocycles. The van der Waals surface area contributed by atoms with Gasteiger partial charge in [-0.25, -0.2) is 19.9 Å². The maximum absolute atomic E-state index is 9.81. The SMILES string of the molecule is COCCBr.COCCOc1cc2ncnc(Nc3cccc(Br)c3)c2cc1OC.COc1cc2c(Nc3cccc(Br)c3)ncnc2cc1O. The quantitative estimate of drug-likeness (QED) is 0.0798. The van der Waals surface area contributed by atoms with Crippen LogP contribution in [0.15, 0.2) is 94.4 Å². The summed E-state index contributed by atoms with van der Waals surface area (Å²) in [7, 11) is 6.43. The van der Waals surface area contributed by atoms with Crippen molar-refractivity contribution in [3.63, 3.8) is 0 Å². The number of halogens is 3. The van der Waals surface area contributed by atoms with Crippen LogP contribution in [0.2, 0.25) is 0 Å². The van der Waals surface area contributed by atoms with Gasteiger partial charge in [-0.3, -0.25) is 0 Å². The fourth-order valence-electron chi connectivity index (χ4n) is 4.49. The standard InChI is InChI=1S/C18H18BrN3O3.C15H12BrN3O2.C3H7BrO/c1-23-6-7-25-17-10-15-14(9-16(17)24-2)18(21-11-20-15)22-13-5-3-4-12(19)8-13;1-21-14-6-11-12(7-13(14)20)17-8-18-15(11)19-10-4-2-3-9(16)5-10;1-5-3-2-4/h3-5,8-11H,6-7H2,1-2H3,(H,20,21,22);2-8,20H,1H3,(H,17,18,19);2-3H2,1H3. The van der Waals surface area contributed by atoms with E-state index in [1.807, 2.05) is 60.7 Å². The lowest BCUT2D eigenvalue weighted by Crippen LogP contribution is -2.05. The minimum atomic E-state index is 0.0529. The van der Waals surface area contributed by atoms with Crippen LogP contribution in [-0.4, -0.2) is 78.6 Å². The van der Waals surface area contributed by atoms with Gasteiger partial charge in [-0.05, 0) is 48.5 Å². The number of ether oxygens (including phenoxy) is 5. The smallest absolute Gasteiger partial charge is 0.163 e. The average molecular weight is 889 g/mol. The van der Waals surface area contributed by atoms with E-state index < -0.39 is 0 Å². The van der Waals surface area contributed by atoms with E-state index in [1.54, 1.807) is 33.5 Å². The van der Waals surface area contributed by atoms with Crippen LogP contribution in [0.1, 0.15) is 0 Å². The Balaban J connectivity index is 0.000000204. The average Bonchev–Trinajstić information content (AvgIpc) is 3.12. The molecule has 0 bridgehead atoms. The van der Waals surface area contributed by atoms with E-state index in [2.05, 4.69) is 83.1 Å². The molecule has 0 spiro atoms. The van der Waals surface area contributed by atoms with Crippen LogP contribution >= 0.6 is 47.8 Å². The summed E-state index contributed by atoms with van der Waals surface area (Å²) in [6.45, 7) is 1.74. The molecule has 6 aromatic rings. The van der Waals surface area contributed by atoms with Gasteiger partial charge in [0.05, 0.1) is 38.5 Å². The van der Waals surface area contributed by atoms with Gasteiger partial charge in [0.1, 0.15) is 30.9 Å². The van der Waals surface area contributed by atoms with Crippen molar-refractivity contribution in [1.82, 2.24) is 19.9 Å². The van der Waals surface area contributed by atoms with Gasteiger partial charge >= 0.3 is 0 Å². The summed E-state index contributed by atoms with van der Waals surface area (Å²) in [6.07, 6.45) is 2.97. The molecule has 2 heterocycles. The number of nitrogens with one attached hydrogen (secondary N) is 2. The predicted octanol–water partition coefficient (Wildman–Crippen LogP) is 9.05. The number of hydrogen-bond donors (Lipinski definition) is 3. The molecule has 0 saturated heterocycles. The van der Waals surface area contributed by atoms with Crippen molar-refractivity contribution in [1.29, 1.82) is 0 Å². The largest absolute Gasteiger partial charge is 0.504 e. The molecule has 12 nitrogen and oxygen atoms in total. The highest BCUT2D eigenvalue weighted by atomic mass is 79.9. The zero-order chi connectivity index (χ0) is 36.6. The fraction of sp³-hybridized carbons (Fsp3) is 0.222. The number of phenolic OH excluding ortho intramolecular Hbond substituents is 1. The van der Waals surface area contributed by atoms with Crippen LogP contribution in [0.3, 0.4) is 0 Å². The molecular formula is C36H37Br3N6O6. The number of phenols is 1. The zero-order valence-corrected chi connectivity index (χ0v) is 33.1. The van der Waals surface area contributed by atoms with Gasteiger partial charge in [0.2, 0.25) is 0 Å². The molecule has 51 heavy (non-hydrogen) atoms. The molecule has 4 aromatic carbocycles. The van der Waals surface area contributed by atoms with Gasteiger partial charge in [0, 0.05) is 62.8 Å². The number of benzene rings is 4. The Labute approximate surface area is 321 Å². The number of anilines is 4. The van der Waals surface area contributed by atoms with E-state index in [4.69, 9.17) is 18.9 Å². The Morgan fingerprint density at radius 2 is 1.14 bits per heavy atom. The van der Waals surface area contributed by atoms with Crippen LogP contribution in [0.25, 0.3) is 21.8 Å². The van der Waals surface area contributed by atoms with Crippen molar-refractivity contribution < 1.29 is 28.8 Å². The third kappa shape index (κ3) is 11.6. The highest BCUT2D eigenvalue weighted by Crippen LogP contribution is 2.36. The fourth-order valence-corrected chi connectivity index (χ4v) is 5.61. The molecule has 268 valence electrons. The van der Waals surface area contributed by atoms with Crippen LogP contribution < -0.4 is 24.8 Å². The molecule has 3 N–H and O–H groups in total. The van der Waals surface area contributed by atoms with Crippen molar-refractivity contribution in [3.8, 4) is 23.0 Å². The lowest BCUT2D eigenvalue weighted by atomic mass is 10.2. The van der Waals surface area contributed by atoms with E-state index in [9.17, 15) is 5.11 Å². The number of methoxy groups -OCH3 is 4. The first-order valence-electron chi connectivity index (χ1n) is 15.4. The summed E-state index contributed by atoms with van der Waals surface area (Å²) in [5.41, 5.74) is 3.23. The summed E-state index contributed by atoms with van der Waals surface area (Å²) in [6, 6.07) is 22.6. The Hall–Kier alpha value is -4.28. The van der Waals surface area contributed by atoms with E-state index in [1.165, 1.54) is 19.8 Å². The van der Waals surface area contributed by atoms with E-state index in [0.29, 0.717) is 47.6 Å². The minimum Gasteiger partial charge on any atom is -0.504 e. The van der Waals surface area contributed by atoms with Crippen LogP contribution in [0, 0.1) is 0 Å². The Kier molecular flexibility index (Phi) is 15.9. The van der Waals surface area contributed by atoms with Gasteiger partial charge < -0.3 is 39.4 Å². The highest BCUT2D eigenvalue weighted by molar-refractivity contribution is 9.10. The number of rotatable bonds is 12. The van der Waals surface area contributed by atoms with Crippen molar-refractivity contribution in [2.75, 3.05) is 64.2 Å². The second kappa shape index (κ2) is 20.5. The van der Waals surface area contributed by atoms with Crippen LogP contribution in [0.4, 0.5) is 23.0 Å². The van der Waals surface area contributed by atoms with Gasteiger partial charge in [0.15, 0.2) is 23.0 Å². The van der Waals surface area contributed by atoms with Crippen molar-refractivity contribution in [2.45, 2.75) is 0 Å². The lowest BCUT2D eigenvalue weighted by Gasteiger charge is -2.13. The van der Waals surface area contributed by atoms with Gasteiger partial charge in [-0.15, -0.1) is 0 Å². The number of alkyl halides is 1. The van der Waals surface area contributed by atoms with Crippen LogP contribution in [-0.2, 0) is 9.47 Å². The molecule has 0 aliphatic carbocycles. The van der Waals surface area contributed by atoms with Gasteiger partial charge in [-0.2, -0.15) is 0 Å². The minimum absolute atomic E-state index is 0.0529. The molecule has 0 aliphatic rings. The molecule has 2 aromatic heterocycles. The maximum Gasteiger partial charge on any atom is 0.163 e. The number of nitrogens with zero attached hydrogens (tertiary/aromatic N) is 4. The summed E-state index contributed by atoms with van der Waals surface area (Å²) in [4.78, 5) is 17.1. The zero-order valence-electron chi connectivity index (χ0n) is 28.3. The third-order valence-electron chi connectivity index (χ3n) is 6.86. The summed E-state index contributed by atoms with van der Waals surface area (Å²) in [5, 5.41) is 18.9. The molecule has 0 amide bonds. The van der Waals surface area contributed by atoms with Crippen LogP contribution in [0.5, 0.6) is 23.0 Å². The molecule has 0 radical (unpaired) electrons. The lowest BCUT2D eigenvalue weighted by molar-refractivity contribution is 0.144. The summed E-state index contributed by atoms with van der Waals surface area (Å²) >= 11 is 10.1. The first-order valence-corrected chi connectivity index (χ1v) is 18.1. The van der Waals surface area contributed by atoms with E-state index >= 15 is 0 Å². The normalized spacial score (nSPS) is 10.4.